The highest BCUT2D eigenvalue weighted by molar-refractivity contribution is 5.45. The van der Waals surface area contributed by atoms with Crippen LogP contribution in [0.3, 0.4) is 0 Å². The normalized spacial score (nSPS) is 28.0. The molecule has 2 unspecified atom stereocenters. The maximum Gasteiger partial charge on any atom is 0.119 e. The maximum atomic E-state index is 11.2. The minimum atomic E-state index is -0.464. The molecule has 4 rings (SSSR count). The first kappa shape index (κ1) is 16.5. The average molecular weight is 338 g/mol. The molecule has 4 atom stereocenters. The minimum Gasteiger partial charge on any atom is -0.497 e. The van der Waals surface area contributed by atoms with Crippen LogP contribution in [0.1, 0.15) is 60.3 Å². The van der Waals surface area contributed by atoms with Crippen molar-refractivity contribution in [3.63, 3.8) is 0 Å². The lowest BCUT2D eigenvalue weighted by Gasteiger charge is -2.45. The van der Waals surface area contributed by atoms with Gasteiger partial charge in [0, 0.05) is 5.92 Å². The highest BCUT2D eigenvalue weighted by atomic mass is 16.5. The lowest BCUT2D eigenvalue weighted by Crippen LogP contribution is -2.33. The Morgan fingerprint density at radius 3 is 2.24 bits per heavy atom. The van der Waals surface area contributed by atoms with Crippen LogP contribution in [0, 0.1) is 5.92 Å². The fourth-order valence-corrected chi connectivity index (χ4v) is 4.93. The van der Waals surface area contributed by atoms with E-state index in [0.29, 0.717) is 11.8 Å². The Kier molecular flexibility index (Phi) is 4.43. The van der Waals surface area contributed by atoms with Gasteiger partial charge in [0.15, 0.2) is 0 Å². The molecule has 25 heavy (non-hydrogen) atoms. The van der Waals surface area contributed by atoms with Gasteiger partial charge in [0.1, 0.15) is 11.5 Å². The summed E-state index contributed by atoms with van der Waals surface area (Å²) < 4.78 is 10.7. The Morgan fingerprint density at radius 1 is 0.840 bits per heavy atom. The summed E-state index contributed by atoms with van der Waals surface area (Å²) in [6.45, 7) is 0. The van der Waals surface area contributed by atoms with Gasteiger partial charge in [0.05, 0.1) is 20.3 Å². The van der Waals surface area contributed by atoms with Crippen LogP contribution >= 0.6 is 0 Å². The molecule has 1 N–H and O–H groups in total. The summed E-state index contributed by atoms with van der Waals surface area (Å²) >= 11 is 0. The number of rotatable bonds is 3. The van der Waals surface area contributed by atoms with Crippen molar-refractivity contribution in [3.05, 3.63) is 59.2 Å². The number of hydrogen-bond donors (Lipinski definition) is 1. The van der Waals surface area contributed by atoms with Gasteiger partial charge in [0.25, 0.3) is 0 Å². The molecular weight excluding hydrogens is 312 g/mol. The van der Waals surface area contributed by atoms with Crippen molar-refractivity contribution < 1.29 is 14.6 Å². The van der Waals surface area contributed by atoms with Gasteiger partial charge >= 0.3 is 0 Å². The molecule has 3 nitrogen and oxygen atoms in total. The number of hydrogen-bond acceptors (Lipinski definition) is 3. The van der Waals surface area contributed by atoms with Crippen LogP contribution < -0.4 is 9.47 Å². The van der Waals surface area contributed by atoms with Crippen molar-refractivity contribution in [3.8, 4) is 11.5 Å². The molecule has 0 radical (unpaired) electrons. The molecule has 0 amide bonds. The van der Waals surface area contributed by atoms with Crippen LogP contribution in [0.2, 0.25) is 0 Å². The van der Waals surface area contributed by atoms with Crippen LogP contribution in [-0.4, -0.2) is 19.3 Å². The number of ether oxygens (including phenoxy) is 2. The molecule has 3 heteroatoms. The van der Waals surface area contributed by atoms with Gasteiger partial charge in [-0.15, -0.1) is 0 Å². The van der Waals surface area contributed by atoms with Crippen molar-refractivity contribution in [2.45, 2.75) is 43.6 Å². The quantitative estimate of drug-likeness (QED) is 0.873. The monoisotopic (exact) mass is 338 g/mol. The molecule has 1 fully saturated rings. The first-order valence-electron chi connectivity index (χ1n) is 9.22. The van der Waals surface area contributed by atoms with Gasteiger partial charge in [-0.2, -0.15) is 0 Å². The predicted molar refractivity (Wildman–Crippen MR) is 98.4 cm³/mol. The Bertz CT molecular complexity index is 737. The van der Waals surface area contributed by atoms with Crippen molar-refractivity contribution >= 4 is 0 Å². The van der Waals surface area contributed by atoms with Crippen molar-refractivity contribution in [1.29, 1.82) is 0 Å². The SMILES string of the molecule is COc1ccc(C2C(O)c3ccc(OC)cc3[C@@H]3CCCC[C@H]23)cc1. The highest BCUT2D eigenvalue weighted by Crippen LogP contribution is 2.55. The Balaban J connectivity index is 1.78. The van der Waals surface area contributed by atoms with Crippen molar-refractivity contribution in [1.82, 2.24) is 0 Å². The lowest BCUT2D eigenvalue weighted by molar-refractivity contribution is 0.0752. The second-order valence-electron chi connectivity index (χ2n) is 7.29. The first-order valence-corrected chi connectivity index (χ1v) is 9.22. The summed E-state index contributed by atoms with van der Waals surface area (Å²) in [5.41, 5.74) is 3.58. The summed E-state index contributed by atoms with van der Waals surface area (Å²) in [6.07, 6.45) is 4.43. The number of methoxy groups -OCH3 is 2. The number of aliphatic hydroxyl groups is 1. The summed E-state index contributed by atoms with van der Waals surface area (Å²) in [7, 11) is 3.39. The van der Waals surface area contributed by atoms with E-state index >= 15 is 0 Å². The number of fused-ring (bicyclic) bond motifs is 3. The summed E-state index contributed by atoms with van der Waals surface area (Å²) in [5.74, 6) is 2.89. The molecular formula is C22H26O3. The highest BCUT2D eigenvalue weighted by Gasteiger charge is 2.43. The third-order valence-electron chi connectivity index (χ3n) is 6.13. The Morgan fingerprint density at radius 2 is 1.52 bits per heavy atom. The van der Waals surface area contributed by atoms with Crippen molar-refractivity contribution in [2.75, 3.05) is 14.2 Å². The van der Waals surface area contributed by atoms with Crippen LogP contribution in [-0.2, 0) is 0 Å². The van der Waals surface area contributed by atoms with Crippen LogP contribution in [0.5, 0.6) is 11.5 Å². The lowest BCUT2D eigenvalue weighted by atomic mass is 9.60. The molecule has 0 saturated heterocycles. The summed E-state index contributed by atoms with van der Waals surface area (Å²) in [6, 6.07) is 14.4. The van der Waals surface area contributed by atoms with E-state index in [0.717, 1.165) is 17.1 Å². The molecule has 0 heterocycles. The Labute approximate surface area is 149 Å². The van der Waals surface area contributed by atoms with Gasteiger partial charge < -0.3 is 14.6 Å². The maximum absolute atomic E-state index is 11.2. The Hall–Kier alpha value is -2.00. The van der Waals surface area contributed by atoms with E-state index < -0.39 is 6.10 Å². The van der Waals surface area contributed by atoms with Crippen LogP contribution in [0.25, 0.3) is 0 Å². The molecule has 0 aromatic heterocycles. The zero-order valence-electron chi connectivity index (χ0n) is 14.9. The number of aliphatic hydroxyl groups excluding tert-OH is 1. The van der Waals surface area contributed by atoms with Gasteiger partial charge in [-0.3, -0.25) is 0 Å². The molecule has 2 aromatic rings. The van der Waals surface area contributed by atoms with Gasteiger partial charge in [-0.05, 0) is 65.6 Å². The van der Waals surface area contributed by atoms with E-state index in [1.807, 2.05) is 18.2 Å². The van der Waals surface area contributed by atoms with Crippen LogP contribution in [0.15, 0.2) is 42.5 Å². The van der Waals surface area contributed by atoms with Crippen molar-refractivity contribution in [2.24, 2.45) is 5.92 Å². The molecule has 132 valence electrons. The van der Waals surface area contributed by atoms with E-state index in [4.69, 9.17) is 9.47 Å². The third kappa shape index (κ3) is 2.81. The van der Waals surface area contributed by atoms with Gasteiger partial charge in [-0.1, -0.05) is 31.0 Å². The van der Waals surface area contributed by atoms with Gasteiger partial charge in [0.2, 0.25) is 0 Å². The zero-order valence-corrected chi connectivity index (χ0v) is 14.9. The van der Waals surface area contributed by atoms with Gasteiger partial charge in [-0.25, -0.2) is 0 Å². The van der Waals surface area contributed by atoms with E-state index in [-0.39, 0.29) is 5.92 Å². The average Bonchev–Trinajstić information content (AvgIpc) is 2.68. The largest absolute Gasteiger partial charge is 0.497 e. The fraction of sp³-hybridized carbons (Fsp3) is 0.455. The minimum absolute atomic E-state index is 0.150. The summed E-state index contributed by atoms with van der Waals surface area (Å²) in [4.78, 5) is 0. The van der Waals surface area contributed by atoms with Crippen LogP contribution in [0.4, 0.5) is 0 Å². The molecule has 2 aliphatic carbocycles. The summed E-state index contributed by atoms with van der Waals surface area (Å²) in [5, 5.41) is 11.2. The van der Waals surface area contributed by atoms with E-state index in [2.05, 4.69) is 24.3 Å². The second kappa shape index (κ2) is 6.72. The smallest absolute Gasteiger partial charge is 0.119 e. The fourth-order valence-electron chi connectivity index (χ4n) is 4.93. The van der Waals surface area contributed by atoms with E-state index in [1.54, 1.807) is 14.2 Å². The molecule has 0 bridgehead atoms. The molecule has 1 saturated carbocycles. The second-order valence-corrected chi connectivity index (χ2v) is 7.29. The van der Waals surface area contributed by atoms with E-state index in [1.165, 1.54) is 36.8 Å². The predicted octanol–water partition coefficient (Wildman–Crippen LogP) is 4.81. The standard InChI is InChI=1S/C22H26O3/c1-24-15-9-7-14(8-10-15)21-18-6-4-3-5-17(18)20-13-16(25-2)11-12-19(20)22(21)23/h7-13,17-18,21-23H,3-6H2,1-2H3/t17-,18+,21?,22?/m1/s1. The molecule has 0 aliphatic heterocycles. The van der Waals surface area contributed by atoms with E-state index in [9.17, 15) is 5.11 Å². The third-order valence-corrected chi connectivity index (χ3v) is 6.13. The molecule has 0 spiro atoms. The first-order chi connectivity index (χ1) is 12.2. The zero-order chi connectivity index (χ0) is 17.4. The molecule has 2 aromatic carbocycles. The molecule has 2 aliphatic rings. The topological polar surface area (TPSA) is 38.7 Å². The number of benzene rings is 2.